The van der Waals surface area contributed by atoms with Crippen LogP contribution in [0, 0.1) is 11.3 Å². The quantitative estimate of drug-likeness (QED) is 0.260. The largest absolute Gasteiger partial charge is 0.456 e. The summed E-state index contributed by atoms with van der Waals surface area (Å²) in [5, 5.41) is 9.33. The van der Waals surface area contributed by atoms with Crippen molar-refractivity contribution in [1.29, 1.82) is 5.26 Å². The van der Waals surface area contributed by atoms with E-state index in [1.54, 1.807) is 6.08 Å². The van der Waals surface area contributed by atoms with Crippen LogP contribution in [0.15, 0.2) is 60.2 Å². The van der Waals surface area contributed by atoms with Crippen LogP contribution in [0.5, 0.6) is 0 Å². The minimum Gasteiger partial charge on any atom is -0.456 e. The van der Waals surface area contributed by atoms with Crippen LogP contribution in [0.3, 0.4) is 0 Å². The Hall–Kier alpha value is -2.94. The van der Waals surface area contributed by atoms with Gasteiger partial charge in [0, 0.05) is 13.1 Å². The maximum atomic E-state index is 12.2. The maximum Gasteiger partial charge on any atom is 0.349 e. The van der Waals surface area contributed by atoms with E-state index < -0.39 is 5.97 Å². The first kappa shape index (κ1) is 23.3. The Morgan fingerprint density at radius 1 is 1.03 bits per heavy atom. The fraction of sp³-hybridized carbons (Fsp3) is 0.360. The van der Waals surface area contributed by atoms with Gasteiger partial charge in [-0.1, -0.05) is 61.5 Å². The van der Waals surface area contributed by atoms with Gasteiger partial charge in [0.25, 0.3) is 0 Å². The minimum atomic E-state index is -0.574. The van der Waals surface area contributed by atoms with E-state index in [-0.39, 0.29) is 12.2 Å². The summed E-state index contributed by atoms with van der Waals surface area (Å²) in [4.78, 5) is 14.5. The molecule has 0 amide bonds. The lowest BCUT2D eigenvalue weighted by molar-refractivity contribution is -0.870. The van der Waals surface area contributed by atoms with E-state index >= 15 is 0 Å². The van der Waals surface area contributed by atoms with Gasteiger partial charge in [-0.15, -0.1) is 0 Å². The van der Waals surface area contributed by atoms with Crippen LogP contribution in [0.1, 0.15) is 23.6 Å². The van der Waals surface area contributed by atoms with Gasteiger partial charge in [-0.05, 0) is 29.3 Å². The van der Waals surface area contributed by atoms with Crippen LogP contribution in [0.25, 0.3) is 6.08 Å². The van der Waals surface area contributed by atoms with E-state index in [1.807, 2.05) is 57.5 Å². The van der Waals surface area contributed by atoms with Crippen molar-refractivity contribution >= 4 is 12.0 Å². The molecule has 0 saturated heterocycles. The summed E-state index contributed by atoms with van der Waals surface area (Å²) in [5.74, 6) is -0.574. The number of rotatable bonds is 10. The molecule has 2 aromatic rings. The normalized spacial score (nSPS) is 11.9. The Labute approximate surface area is 180 Å². The van der Waals surface area contributed by atoms with Gasteiger partial charge in [0.05, 0.1) is 21.1 Å². The van der Waals surface area contributed by atoms with Gasteiger partial charge in [-0.2, -0.15) is 5.26 Å². The molecule has 0 fully saturated rings. The highest BCUT2D eigenvalue weighted by molar-refractivity contribution is 5.97. The van der Waals surface area contributed by atoms with Crippen LogP contribution in [-0.2, 0) is 22.6 Å². The number of esters is 1. The molecule has 0 aliphatic rings. The summed E-state index contributed by atoms with van der Waals surface area (Å²) < 4.78 is 5.93. The Balaban J connectivity index is 1.97. The molecule has 0 atom stereocenters. The van der Waals surface area contributed by atoms with Crippen LogP contribution >= 0.6 is 0 Å². The summed E-state index contributed by atoms with van der Waals surface area (Å²) in [5.41, 5.74) is 3.31. The molecule has 158 valence electrons. The van der Waals surface area contributed by atoms with Gasteiger partial charge in [0.1, 0.15) is 24.8 Å². The maximum absolute atomic E-state index is 12.2. The second-order valence-electron chi connectivity index (χ2n) is 8.35. The third-order valence-corrected chi connectivity index (χ3v) is 4.73. The molecule has 5 heteroatoms. The fourth-order valence-corrected chi connectivity index (χ4v) is 2.89. The molecule has 2 aromatic carbocycles. The minimum absolute atomic E-state index is 0.0171. The Morgan fingerprint density at radius 3 is 2.17 bits per heavy atom. The predicted molar refractivity (Wildman–Crippen MR) is 120 cm³/mol. The number of quaternary nitrogens is 1. The van der Waals surface area contributed by atoms with E-state index in [4.69, 9.17) is 4.74 Å². The zero-order valence-electron chi connectivity index (χ0n) is 18.5. The van der Waals surface area contributed by atoms with Gasteiger partial charge >= 0.3 is 5.97 Å². The van der Waals surface area contributed by atoms with E-state index in [1.165, 1.54) is 11.1 Å². The lowest BCUT2D eigenvalue weighted by Gasteiger charge is -2.23. The molecule has 0 aliphatic heterocycles. The van der Waals surface area contributed by atoms with Crippen molar-refractivity contribution in [3.8, 4) is 6.07 Å². The highest BCUT2D eigenvalue weighted by atomic mass is 16.5. The summed E-state index contributed by atoms with van der Waals surface area (Å²) >= 11 is 0. The average molecular weight is 407 g/mol. The van der Waals surface area contributed by atoms with Gasteiger partial charge in [0.15, 0.2) is 0 Å². The Kier molecular flexibility index (Phi) is 8.79. The average Bonchev–Trinajstić information content (AvgIpc) is 2.72. The van der Waals surface area contributed by atoms with Gasteiger partial charge < -0.3 is 9.22 Å². The number of nitrogens with zero attached hydrogens (tertiary/aromatic N) is 3. The molecule has 2 rings (SSSR count). The van der Waals surface area contributed by atoms with Gasteiger partial charge in [0.2, 0.25) is 0 Å². The Bertz CT molecular complexity index is 875. The highest BCUT2D eigenvalue weighted by Crippen LogP contribution is 2.13. The van der Waals surface area contributed by atoms with Crippen LogP contribution in [-0.4, -0.2) is 56.2 Å². The standard InChI is InChI=1S/C25H32N3O2/c1-5-27(19-22-9-7-6-8-10-22)20-23-13-11-21(12-14-23)17-24(18-26)25(29)30-16-15-28(2,3)4/h6-14,17H,5,15-16,19-20H2,1-4H3/q+1. The topological polar surface area (TPSA) is 53.3 Å². The molecule has 30 heavy (non-hydrogen) atoms. The second kappa shape index (κ2) is 11.3. The second-order valence-corrected chi connectivity index (χ2v) is 8.35. The van der Waals surface area contributed by atoms with E-state index in [0.29, 0.717) is 11.0 Å². The van der Waals surface area contributed by atoms with E-state index in [2.05, 4.69) is 36.1 Å². The predicted octanol–water partition coefficient (Wildman–Crippen LogP) is 3.87. The number of benzene rings is 2. The molecule has 0 heterocycles. The molecule has 5 nitrogen and oxygen atoms in total. The third-order valence-electron chi connectivity index (χ3n) is 4.73. The molecular weight excluding hydrogens is 374 g/mol. The number of carbonyl (C=O) groups is 1. The smallest absolute Gasteiger partial charge is 0.349 e. The number of hydrogen-bond donors (Lipinski definition) is 0. The fourth-order valence-electron chi connectivity index (χ4n) is 2.89. The first-order valence-electron chi connectivity index (χ1n) is 10.3. The van der Waals surface area contributed by atoms with Crippen molar-refractivity contribution in [2.75, 3.05) is 40.8 Å². The number of carbonyl (C=O) groups excluding carboxylic acids is 1. The van der Waals surface area contributed by atoms with Gasteiger partial charge in [-0.25, -0.2) is 4.79 Å². The molecule has 0 aliphatic carbocycles. The van der Waals surface area contributed by atoms with Crippen molar-refractivity contribution in [3.05, 3.63) is 76.9 Å². The van der Waals surface area contributed by atoms with Crippen LogP contribution < -0.4 is 0 Å². The highest BCUT2D eigenvalue weighted by Gasteiger charge is 2.14. The number of nitriles is 1. The molecule has 0 spiro atoms. The summed E-state index contributed by atoms with van der Waals surface area (Å²) in [6, 6.07) is 20.3. The number of ether oxygens (including phenoxy) is 1. The molecule has 0 radical (unpaired) electrons. The lowest BCUT2D eigenvalue weighted by atomic mass is 10.1. The van der Waals surface area contributed by atoms with Crippen molar-refractivity contribution in [2.45, 2.75) is 20.0 Å². The van der Waals surface area contributed by atoms with E-state index in [9.17, 15) is 10.1 Å². The first-order valence-corrected chi connectivity index (χ1v) is 10.3. The van der Waals surface area contributed by atoms with Crippen molar-refractivity contribution in [2.24, 2.45) is 0 Å². The monoisotopic (exact) mass is 406 g/mol. The molecule has 0 N–H and O–H groups in total. The SMILES string of the molecule is CCN(Cc1ccccc1)Cc1ccc(C=C(C#N)C(=O)OCC[N+](C)(C)C)cc1. The summed E-state index contributed by atoms with van der Waals surface area (Å²) in [6.45, 7) is 5.83. The van der Waals surface area contributed by atoms with E-state index in [0.717, 1.165) is 25.2 Å². The van der Waals surface area contributed by atoms with Crippen LogP contribution in [0.2, 0.25) is 0 Å². The third kappa shape index (κ3) is 8.20. The van der Waals surface area contributed by atoms with Crippen molar-refractivity contribution < 1.29 is 14.0 Å². The molecular formula is C25H32N3O2+. The molecule has 0 saturated carbocycles. The first-order chi connectivity index (χ1) is 14.3. The molecule has 0 bridgehead atoms. The Morgan fingerprint density at radius 2 is 1.63 bits per heavy atom. The summed E-state index contributed by atoms with van der Waals surface area (Å²) in [7, 11) is 6.07. The van der Waals surface area contributed by atoms with Gasteiger partial charge in [-0.3, -0.25) is 4.90 Å². The molecule has 0 unspecified atom stereocenters. The lowest BCUT2D eigenvalue weighted by Crippen LogP contribution is -2.38. The van der Waals surface area contributed by atoms with Crippen molar-refractivity contribution in [3.63, 3.8) is 0 Å². The molecule has 0 aromatic heterocycles. The zero-order chi connectivity index (χ0) is 22.0. The number of hydrogen-bond acceptors (Lipinski definition) is 4. The number of likely N-dealkylation sites (N-methyl/N-ethyl adjacent to an activating group) is 1. The summed E-state index contributed by atoms with van der Waals surface area (Å²) in [6.07, 6.45) is 1.58. The van der Waals surface area contributed by atoms with Crippen LogP contribution in [0.4, 0.5) is 0 Å². The van der Waals surface area contributed by atoms with Crippen molar-refractivity contribution in [1.82, 2.24) is 4.90 Å². The zero-order valence-corrected chi connectivity index (χ0v) is 18.5.